The number of benzene rings is 3. The summed E-state index contributed by atoms with van der Waals surface area (Å²) in [4.78, 5) is 23.6. The summed E-state index contributed by atoms with van der Waals surface area (Å²) < 4.78 is 5.56. The third-order valence-electron chi connectivity index (χ3n) is 3.73. The normalized spacial score (nSPS) is 10.7. The summed E-state index contributed by atoms with van der Waals surface area (Å²) >= 11 is 5.80. The molecule has 6 heteroatoms. The van der Waals surface area contributed by atoms with Crippen LogP contribution >= 0.6 is 11.6 Å². The van der Waals surface area contributed by atoms with E-state index in [1.54, 1.807) is 36.4 Å². The first kappa shape index (κ1) is 18.5. The maximum absolute atomic E-state index is 11.9. The molecule has 136 valence electrons. The number of nitrogens with one attached hydrogen (secondary N) is 2. The van der Waals surface area contributed by atoms with Gasteiger partial charge in [0.05, 0.1) is 0 Å². The van der Waals surface area contributed by atoms with Gasteiger partial charge < -0.3 is 4.74 Å². The molecule has 0 bridgehead atoms. The van der Waals surface area contributed by atoms with E-state index in [-0.39, 0.29) is 6.61 Å². The Hall–Kier alpha value is -3.31. The van der Waals surface area contributed by atoms with Crippen LogP contribution < -0.4 is 15.6 Å². The lowest BCUT2D eigenvalue weighted by atomic mass is 10.1. The molecule has 2 N–H and O–H groups in total. The first-order valence-corrected chi connectivity index (χ1v) is 8.62. The van der Waals surface area contributed by atoms with Crippen molar-refractivity contribution >= 4 is 40.3 Å². The van der Waals surface area contributed by atoms with E-state index in [4.69, 9.17) is 16.3 Å². The minimum atomic E-state index is -0.462. The minimum Gasteiger partial charge on any atom is -0.483 e. The predicted molar refractivity (Wildman–Crippen MR) is 106 cm³/mol. The Morgan fingerprint density at radius 2 is 1.67 bits per heavy atom. The third-order valence-corrected chi connectivity index (χ3v) is 3.98. The molecule has 0 aliphatic rings. The maximum atomic E-state index is 11.9. The van der Waals surface area contributed by atoms with Crippen LogP contribution in [-0.4, -0.2) is 18.4 Å². The van der Waals surface area contributed by atoms with E-state index in [1.165, 1.54) is 6.08 Å². The lowest BCUT2D eigenvalue weighted by Gasteiger charge is -2.09. The molecule has 0 heterocycles. The molecule has 3 aromatic rings. The van der Waals surface area contributed by atoms with E-state index in [9.17, 15) is 9.59 Å². The second-order valence-electron chi connectivity index (χ2n) is 5.69. The van der Waals surface area contributed by atoms with Crippen molar-refractivity contribution in [1.82, 2.24) is 10.9 Å². The van der Waals surface area contributed by atoms with E-state index in [2.05, 4.69) is 10.9 Å². The van der Waals surface area contributed by atoms with Crippen molar-refractivity contribution < 1.29 is 14.3 Å². The highest BCUT2D eigenvalue weighted by Gasteiger charge is 2.06. The van der Waals surface area contributed by atoms with Crippen LogP contribution in [0.1, 0.15) is 5.56 Å². The monoisotopic (exact) mass is 380 g/mol. The van der Waals surface area contributed by atoms with Gasteiger partial charge in [-0.15, -0.1) is 0 Å². The Balaban J connectivity index is 1.48. The smallest absolute Gasteiger partial charge is 0.276 e. The molecule has 0 aromatic heterocycles. The third kappa shape index (κ3) is 5.33. The molecular weight excluding hydrogens is 364 g/mol. The van der Waals surface area contributed by atoms with E-state index in [1.807, 2.05) is 36.4 Å². The van der Waals surface area contributed by atoms with Crippen LogP contribution in [0.3, 0.4) is 0 Å². The molecule has 0 saturated heterocycles. The number of rotatable bonds is 5. The van der Waals surface area contributed by atoms with Crippen molar-refractivity contribution in [2.45, 2.75) is 0 Å². The molecule has 0 fully saturated rings. The lowest BCUT2D eigenvalue weighted by Crippen LogP contribution is -2.43. The summed E-state index contributed by atoms with van der Waals surface area (Å²) in [5.41, 5.74) is 5.44. The van der Waals surface area contributed by atoms with E-state index < -0.39 is 11.8 Å². The molecule has 5 nitrogen and oxygen atoms in total. The second-order valence-corrected chi connectivity index (χ2v) is 6.12. The van der Waals surface area contributed by atoms with Crippen LogP contribution in [0.15, 0.2) is 72.8 Å². The molecule has 3 aromatic carbocycles. The summed E-state index contributed by atoms with van der Waals surface area (Å²) in [7, 11) is 0. The second kappa shape index (κ2) is 8.87. The first-order chi connectivity index (χ1) is 13.1. The molecule has 0 spiro atoms. The van der Waals surface area contributed by atoms with Crippen LogP contribution in [0, 0.1) is 0 Å². The number of hydrogen-bond donors (Lipinski definition) is 2. The first-order valence-electron chi connectivity index (χ1n) is 8.25. The van der Waals surface area contributed by atoms with Gasteiger partial charge in [0.1, 0.15) is 5.75 Å². The van der Waals surface area contributed by atoms with Crippen molar-refractivity contribution in [3.05, 3.63) is 83.4 Å². The van der Waals surface area contributed by atoms with Gasteiger partial charge in [-0.05, 0) is 35.2 Å². The van der Waals surface area contributed by atoms with Gasteiger partial charge in [-0.2, -0.15) is 0 Å². The highest BCUT2D eigenvalue weighted by molar-refractivity contribution is 6.30. The number of hydrazine groups is 1. The Kier molecular flexibility index (Phi) is 6.07. The number of amides is 2. The molecule has 0 atom stereocenters. The molecular formula is C21H17ClN2O3. The number of carbonyl (C=O) groups excluding carboxylic acids is 2. The van der Waals surface area contributed by atoms with Crippen LogP contribution in [0.2, 0.25) is 5.02 Å². The van der Waals surface area contributed by atoms with E-state index in [0.29, 0.717) is 10.8 Å². The Labute approximate surface area is 161 Å². The highest BCUT2D eigenvalue weighted by atomic mass is 35.5. The molecule has 0 aliphatic heterocycles. The van der Waals surface area contributed by atoms with Crippen LogP contribution in [0.4, 0.5) is 0 Å². The van der Waals surface area contributed by atoms with Crippen LogP contribution in [0.25, 0.3) is 16.8 Å². The summed E-state index contributed by atoms with van der Waals surface area (Å²) in [6.45, 7) is -0.213. The fraction of sp³-hybridized carbons (Fsp3) is 0.0476. The zero-order chi connectivity index (χ0) is 19.1. The Morgan fingerprint density at radius 1 is 0.926 bits per heavy atom. The number of hydrogen-bond acceptors (Lipinski definition) is 3. The molecule has 27 heavy (non-hydrogen) atoms. The summed E-state index contributed by atoms with van der Waals surface area (Å²) in [6.07, 6.45) is 2.93. The lowest BCUT2D eigenvalue weighted by molar-refractivity contribution is -0.128. The topological polar surface area (TPSA) is 67.4 Å². The van der Waals surface area contributed by atoms with Crippen molar-refractivity contribution in [2.24, 2.45) is 0 Å². The van der Waals surface area contributed by atoms with Gasteiger partial charge in [-0.25, -0.2) is 0 Å². The molecule has 3 rings (SSSR count). The van der Waals surface area contributed by atoms with Gasteiger partial charge in [0.15, 0.2) is 6.61 Å². The molecule has 0 aliphatic carbocycles. The van der Waals surface area contributed by atoms with E-state index in [0.717, 1.165) is 16.3 Å². The van der Waals surface area contributed by atoms with Gasteiger partial charge in [0.25, 0.3) is 11.8 Å². The van der Waals surface area contributed by atoms with Gasteiger partial charge in [0.2, 0.25) is 0 Å². The van der Waals surface area contributed by atoms with Crippen molar-refractivity contribution in [2.75, 3.05) is 6.61 Å². The Morgan fingerprint density at radius 3 is 2.48 bits per heavy atom. The fourth-order valence-corrected chi connectivity index (χ4v) is 2.55. The van der Waals surface area contributed by atoms with Gasteiger partial charge in [-0.1, -0.05) is 60.1 Å². The van der Waals surface area contributed by atoms with Crippen molar-refractivity contribution in [1.29, 1.82) is 0 Å². The SMILES string of the molecule is O=C(/C=C/c1ccc(Cl)cc1)NNC(=O)COc1cccc2ccccc12. The van der Waals surface area contributed by atoms with Crippen molar-refractivity contribution in [3.8, 4) is 5.75 Å². The van der Waals surface area contributed by atoms with Gasteiger partial charge in [0, 0.05) is 16.5 Å². The van der Waals surface area contributed by atoms with Crippen LogP contribution in [0.5, 0.6) is 5.75 Å². The van der Waals surface area contributed by atoms with E-state index >= 15 is 0 Å². The quantitative estimate of drug-likeness (QED) is 0.523. The molecule has 2 amide bonds. The summed E-state index contributed by atoms with van der Waals surface area (Å²) in [5, 5.41) is 2.56. The number of carbonyl (C=O) groups is 2. The number of fused-ring (bicyclic) bond motifs is 1. The number of ether oxygens (including phenoxy) is 1. The van der Waals surface area contributed by atoms with Crippen LogP contribution in [-0.2, 0) is 9.59 Å². The number of halogens is 1. The minimum absolute atomic E-state index is 0.213. The largest absolute Gasteiger partial charge is 0.483 e. The Bertz CT molecular complexity index is 979. The summed E-state index contributed by atoms with van der Waals surface area (Å²) in [5.74, 6) is -0.308. The molecule has 0 radical (unpaired) electrons. The maximum Gasteiger partial charge on any atom is 0.276 e. The zero-order valence-corrected chi connectivity index (χ0v) is 15.1. The predicted octanol–water partition coefficient (Wildman–Crippen LogP) is 3.73. The average molecular weight is 381 g/mol. The highest BCUT2D eigenvalue weighted by Crippen LogP contribution is 2.24. The molecule has 0 saturated carbocycles. The molecule has 0 unspecified atom stereocenters. The van der Waals surface area contributed by atoms with Gasteiger partial charge >= 0.3 is 0 Å². The fourth-order valence-electron chi connectivity index (χ4n) is 2.42. The van der Waals surface area contributed by atoms with Gasteiger partial charge in [-0.3, -0.25) is 20.4 Å². The standard InChI is InChI=1S/C21H17ClN2O3/c22-17-11-8-15(9-12-17)10-13-20(25)23-24-21(26)14-27-19-7-3-5-16-4-1-2-6-18(16)19/h1-13H,14H2,(H,23,25)(H,24,26)/b13-10+. The van der Waals surface area contributed by atoms with Crippen molar-refractivity contribution in [3.63, 3.8) is 0 Å². The zero-order valence-electron chi connectivity index (χ0n) is 14.3. The average Bonchev–Trinajstić information content (AvgIpc) is 2.70. The summed E-state index contributed by atoms with van der Waals surface area (Å²) in [6, 6.07) is 20.4.